The fourth-order valence-electron chi connectivity index (χ4n) is 3.26. The zero-order valence-electron chi connectivity index (χ0n) is 16.4. The van der Waals surface area contributed by atoms with Gasteiger partial charge in [-0.2, -0.15) is 0 Å². The summed E-state index contributed by atoms with van der Waals surface area (Å²) in [5.41, 5.74) is 0.977. The van der Waals surface area contributed by atoms with E-state index in [0.717, 1.165) is 49.5 Å². The number of aliphatic imine (C=N–C) groups is 1. The highest BCUT2D eigenvalue weighted by Gasteiger charge is 2.27. The molecule has 0 spiro atoms. The van der Waals surface area contributed by atoms with Gasteiger partial charge in [-0.3, -0.25) is 4.79 Å². The molecule has 6 nitrogen and oxygen atoms in total. The average Bonchev–Trinajstić information content (AvgIpc) is 2.67. The van der Waals surface area contributed by atoms with Gasteiger partial charge in [-0.1, -0.05) is 17.7 Å². The molecule has 1 aromatic carbocycles. The molecule has 0 radical (unpaired) electrons. The molecule has 2 N–H and O–H groups in total. The molecular formula is C20H30ClN3O3. The minimum atomic E-state index is -0.0636. The number of nitrogens with one attached hydrogen (secondary N) is 2. The Morgan fingerprint density at radius 3 is 2.63 bits per heavy atom. The molecule has 0 amide bonds. The topological polar surface area (TPSA) is 72.0 Å². The number of hydrogen-bond acceptors (Lipinski definition) is 4. The van der Waals surface area contributed by atoms with Crippen LogP contribution in [0, 0.1) is 5.92 Å². The molecule has 1 saturated carbocycles. The van der Waals surface area contributed by atoms with Crippen LogP contribution in [0.5, 0.6) is 5.75 Å². The molecule has 1 aromatic rings. The van der Waals surface area contributed by atoms with Crippen molar-refractivity contribution < 1.29 is 14.3 Å². The van der Waals surface area contributed by atoms with Crippen LogP contribution in [0.25, 0.3) is 0 Å². The van der Waals surface area contributed by atoms with Gasteiger partial charge in [0.05, 0.1) is 26.2 Å². The maximum atomic E-state index is 11.9. The summed E-state index contributed by atoms with van der Waals surface area (Å²) in [5.74, 6) is 1.47. The maximum absolute atomic E-state index is 11.9. The lowest BCUT2D eigenvalue weighted by atomic mass is 9.86. The van der Waals surface area contributed by atoms with Gasteiger partial charge in [0.25, 0.3) is 0 Å². The van der Waals surface area contributed by atoms with Gasteiger partial charge in [-0.25, -0.2) is 4.99 Å². The van der Waals surface area contributed by atoms with Crippen LogP contribution in [-0.2, 0) is 16.1 Å². The first-order valence-corrected chi connectivity index (χ1v) is 9.99. The standard InChI is InChI=1S/C20H30ClN3O3/c1-4-22-20(23-13-15-6-9-16(21)12-18(15)26-3)24-17-10-7-14(8-11-17)19(25)27-5-2/h6,9,12,14,17H,4-5,7-8,10-11,13H2,1-3H3,(H2,22,23,24). The van der Waals surface area contributed by atoms with Crippen LogP contribution in [0.3, 0.4) is 0 Å². The number of guanidine groups is 1. The lowest BCUT2D eigenvalue weighted by molar-refractivity contribution is -0.149. The Hall–Kier alpha value is -1.95. The van der Waals surface area contributed by atoms with E-state index in [9.17, 15) is 4.79 Å². The normalized spacial score (nSPS) is 20.1. The minimum absolute atomic E-state index is 0.0286. The Labute approximate surface area is 166 Å². The number of carbonyl (C=O) groups is 1. The van der Waals surface area contributed by atoms with Crippen LogP contribution >= 0.6 is 11.6 Å². The molecule has 0 bridgehead atoms. The molecule has 1 fully saturated rings. The minimum Gasteiger partial charge on any atom is -0.496 e. The second kappa shape index (κ2) is 11.0. The second-order valence-corrected chi connectivity index (χ2v) is 7.03. The van der Waals surface area contributed by atoms with E-state index in [1.165, 1.54) is 0 Å². The summed E-state index contributed by atoms with van der Waals surface area (Å²) in [5, 5.41) is 7.41. The van der Waals surface area contributed by atoms with Gasteiger partial charge < -0.3 is 20.1 Å². The highest BCUT2D eigenvalue weighted by Crippen LogP contribution is 2.26. The van der Waals surface area contributed by atoms with Crippen molar-refractivity contribution >= 4 is 23.5 Å². The molecule has 0 atom stereocenters. The number of hydrogen-bond donors (Lipinski definition) is 2. The van der Waals surface area contributed by atoms with Crippen LogP contribution in [0.4, 0.5) is 0 Å². The van der Waals surface area contributed by atoms with Crippen molar-refractivity contribution in [3.8, 4) is 5.75 Å². The monoisotopic (exact) mass is 395 g/mol. The number of ether oxygens (including phenoxy) is 2. The molecule has 0 heterocycles. The third kappa shape index (κ3) is 6.61. The number of esters is 1. The van der Waals surface area contributed by atoms with Gasteiger partial charge in [0.2, 0.25) is 0 Å². The first-order valence-electron chi connectivity index (χ1n) is 9.61. The molecule has 1 aliphatic carbocycles. The fraction of sp³-hybridized carbons (Fsp3) is 0.600. The largest absolute Gasteiger partial charge is 0.496 e. The molecule has 0 unspecified atom stereocenters. The van der Waals surface area contributed by atoms with E-state index in [4.69, 9.17) is 21.1 Å². The zero-order chi connectivity index (χ0) is 19.6. The molecule has 0 aromatic heterocycles. The predicted molar refractivity (Wildman–Crippen MR) is 108 cm³/mol. The summed E-state index contributed by atoms with van der Waals surface area (Å²) in [6, 6.07) is 5.87. The first kappa shape index (κ1) is 21.4. The van der Waals surface area contributed by atoms with E-state index in [0.29, 0.717) is 24.2 Å². The molecular weight excluding hydrogens is 366 g/mol. The van der Waals surface area contributed by atoms with Crippen molar-refractivity contribution in [3.05, 3.63) is 28.8 Å². The highest BCUT2D eigenvalue weighted by atomic mass is 35.5. The van der Waals surface area contributed by atoms with E-state index >= 15 is 0 Å². The van der Waals surface area contributed by atoms with Gasteiger partial charge >= 0.3 is 5.97 Å². The fourth-order valence-corrected chi connectivity index (χ4v) is 3.42. The quantitative estimate of drug-likeness (QED) is 0.420. The predicted octanol–water partition coefficient (Wildman–Crippen LogP) is 3.53. The third-order valence-corrected chi connectivity index (χ3v) is 4.92. The summed E-state index contributed by atoms with van der Waals surface area (Å²) in [6.45, 7) is 5.61. The Morgan fingerprint density at radius 1 is 1.26 bits per heavy atom. The molecule has 1 aliphatic rings. The zero-order valence-corrected chi connectivity index (χ0v) is 17.1. The van der Waals surface area contributed by atoms with Crippen LogP contribution in [0.15, 0.2) is 23.2 Å². The number of rotatable bonds is 7. The first-order chi connectivity index (χ1) is 13.1. The summed E-state index contributed by atoms with van der Waals surface area (Å²) in [7, 11) is 1.63. The molecule has 2 rings (SSSR count). The Balaban J connectivity index is 1.94. The van der Waals surface area contributed by atoms with Crippen molar-refractivity contribution in [2.75, 3.05) is 20.3 Å². The lowest BCUT2D eigenvalue weighted by Crippen LogP contribution is -2.45. The van der Waals surface area contributed by atoms with Crippen molar-refractivity contribution in [1.82, 2.24) is 10.6 Å². The lowest BCUT2D eigenvalue weighted by Gasteiger charge is -2.29. The summed E-state index contributed by atoms with van der Waals surface area (Å²) >= 11 is 6.02. The Morgan fingerprint density at radius 2 is 2.00 bits per heavy atom. The molecule has 0 aliphatic heterocycles. The van der Waals surface area contributed by atoms with Gasteiger partial charge in [-0.05, 0) is 51.7 Å². The second-order valence-electron chi connectivity index (χ2n) is 6.60. The summed E-state index contributed by atoms with van der Waals surface area (Å²) in [6.07, 6.45) is 3.55. The van der Waals surface area contributed by atoms with Crippen LogP contribution in [0.2, 0.25) is 5.02 Å². The SMILES string of the molecule is CCNC(=NCc1ccc(Cl)cc1OC)NC1CCC(C(=O)OCC)CC1. The van der Waals surface area contributed by atoms with Crippen LogP contribution in [-0.4, -0.2) is 38.2 Å². The van der Waals surface area contributed by atoms with Crippen LogP contribution in [0.1, 0.15) is 45.1 Å². The molecule has 27 heavy (non-hydrogen) atoms. The Bertz CT molecular complexity index is 643. The Kier molecular flexibility index (Phi) is 8.72. The number of halogens is 1. The molecule has 150 valence electrons. The van der Waals surface area contributed by atoms with E-state index in [-0.39, 0.29) is 11.9 Å². The molecule has 7 heteroatoms. The van der Waals surface area contributed by atoms with Gasteiger partial charge in [0.1, 0.15) is 5.75 Å². The summed E-state index contributed by atoms with van der Waals surface area (Å²) in [4.78, 5) is 16.6. The number of benzene rings is 1. The number of methoxy groups -OCH3 is 1. The molecule has 0 saturated heterocycles. The average molecular weight is 396 g/mol. The van der Waals surface area contributed by atoms with Crippen molar-refractivity contribution in [2.24, 2.45) is 10.9 Å². The van der Waals surface area contributed by atoms with Crippen molar-refractivity contribution in [1.29, 1.82) is 0 Å². The van der Waals surface area contributed by atoms with Crippen molar-refractivity contribution in [2.45, 2.75) is 52.1 Å². The van der Waals surface area contributed by atoms with Crippen molar-refractivity contribution in [3.63, 3.8) is 0 Å². The van der Waals surface area contributed by atoms with E-state index < -0.39 is 0 Å². The number of carbonyl (C=O) groups excluding carboxylic acids is 1. The smallest absolute Gasteiger partial charge is 0.308 e. The maximum Gasteiger partial charge on any atom is 0.308 e. The van der Waals surface area contributed by atoms with Gasteiger partial charge in [-0.15, -0.1) is 0 Å². The summed E-state index contributed by atoms with van der Waals surface area (Å²) < 4.78 is 10.5. The van der Waals surface area contributed by atoms with Crippen LogP contribution < -0.4 is 15.4 Å². The van der Waals surface area contributed by atoms with E-state index in [1.807, 2.05) is 26.0 Å². The third-order valence-electron chi connectivity index (χ3n) is 4.69. The highest BCUT2D eigenvalue weighted by molar-refractivity contribution is 6.30. The van der Waals surface area contributed by atoms with Gasteiger partial charge in [0, 0.05) is 23.2 Å². The van der Waals surface area contributed by atoms with Gasteiger partial charge in [0.15, 0.2) is 5.96 Å². The van der Waals surface area contributed by atoms with E-state index in [2.05, 4.69) is 15.6 Å². The van der Waals surface area contributed by atoms with E-state index in [1.54, 1.807) is 13.2 Å². The number of nitrogens with zero attached hydrogens (tertiary/aromatic N) is 1.